The second-order valence-corrected chi connectivity index (χ2v) is 5.22. The molecule has 1 N–H and O–H groups in total. The third-order valence-corrected chi connectivity index (χ3v) is 3.66. The Balaban J connectivity index is 1.49. The summed E-state index contributed by atoms with van der Waals surface area (Å²) in [5.74, 6) is -0.611. The van der Waals surface area contributed by atoms with Gasteiger partial charge in [-0.2, -0.15) is 0 Å². The number of fused-ring (bicyclic) bond motifs is 1. The van der Waals surface area contributed by atoms with Gasteiger partial charge in [0.2, 0.25) is 0 Å². The number of benzene rings is 2. The standard InChI is InChI=1S/C17H17F2NO/c18-15-3-1-13(10-16(15)19)11-20-7-5-12-2-4-17-14(9-12)6-8-21-17/h1-4,9-10,20H,5-8,11H2. The topological polar surface area (TPSA) is 21.3 Å². The minimum atomic E-state index is -0.806. The van der Waals surface area contributed by atoms with E-state index >= 15 is 0 Å². The van der Waals surface area contributed by atoms with E-state index in [-0.39, 0.29) is 0 Å². The van der Waals surface area contributed by atoms with Gasteiger partial charge in [-0.3, -0.25) is 0 Å². The van der Waals surface area contributed by atoms with Gasteiger partial charge < -0.3 is 10.1 Å². The zero-order valence-electron chi connectivity index (χ0n) is 11.7. The summed E-state index contributed by atoms with van der Waals surface area (Å²) in [6.07, 6.45) is 1.88. The van der Waals surface area contributed by atoms with Gasteiger partial charge in [0.15, 0.2) is 11.6 Å². The maximum atomic E-state index is 13.1. The van der Waals surface area contributed by atoms with E-state index in [1.54, 1.807) is 6.07 Å². The van der Waals surface area contributed by atoms with Crippen molar-refractivity contribution in [1.82, 2.24) is 5.32 Å². The molecule has 21 heavy (non-hydrogen) atoms. The molecule has 0 saturated heterocycles. The molecule has 1 aliphatic rings. The van der Waals surface area contributed by atoms with Gasteiger partial charge >= 0.3 is 0 Å². The molecule has 2 aromatic carbocycles. The Labute approximate surface area is 122 Å². The molecule has 0 fully saturated rings. The highest BCUT2D eigenvalue weighted by Crippen LogP contribution is 2.25. The Hall–Kier alpha value is -1.94. The molecule has 0 aromatic heterocycles. The van der Waals surface area contributed by atoms with Crippen molar-refractivity contribution in [2.75, 3.05) is 13.2 Å². The van der Waals surface area contributed by atoms with Gasteiger partial charge in [0.05, 0.1) is 6.61 Å². The van der Waals surface area contributed by atoms with Crippen LogP contribution in [0.4, 0.5) is 8.78 Å². The maximum Gasteiger partial charge on any atom is 0.159 e. The first-order valence-electron chi connectivity index (χ1n) is 7.11. The van der Waals surface area contributed by atoms with Crippen LogP contribution in [0, 0.1) is 11.6 Å². The van der Waals surface area contributed by atoms with Crippen LogP contribution in [-0.4, -0.2) is 13.2 Å². The summed E-state index contributed by atoms with van der Waals surface area (Å²) in [6.45, 7) is 2.09. The molecule has 0 bridgehead atoms. The number of rotatable bonds is 5. The van der Waals surface area contributed by atoms with E-state index in [2.05, 4.69) is 17.4 Å². The van der Waals surface area contributed by atoms with Gasteiger partial charge in [-0.05, 0) is 47.9 Å². The van der Waals surface area contributed by atoms with Crippen LogP contribution in [0.25, 0.3) is 0 Å². The van der Waals surface area contributed by atoms with E-state index in [9.17, 15) is 8.78 Å². The lowest BCUT2D eigenvalue weighted by Crippen LogP contribution is -2.16. The monoisotopic (exact) mass is 289 g/mol. The second-order valence-electron chi connectivity index (χ2n) is 5.22. The van der Waals surface area contributed by atoms with Crippen LogP contribution in [0.5, 0.6) is 5.75 Å². The number of halogens is 2. The third-order valence-electron chi connectivity index (χ3n) is 3.66. The summed E-state index contributed by atoms with van der Waals surface area (Å²) < 4.78 is 31.4. The summed E-state index contributed by atoms with van der Waals surface area (Å²) in [7, 11) is 0. The van der Waals surface area contributed by atoms with E-state index in [4.69, 9.17) is 4.74 Å². The molecule has 2 aromatic rings. The number of hydrogen-bond acceptors (Lipinski definition) is 2. The van der Waals surface area contributed by atoms with Crippen molar-refractivity contribution in [2.24, 2.45) is 0 Å². The molecule has 3 rings (SSSR count). The minimum absolute atomic E-state index is 0.533. The van der Waals surface area contributed by atoms with Crippen LogP contribution in [0.15, 0.2) is 36.4 Å². The molecule has 110 valence electrons. The van der Waals surface area contributed by atoms with Crippen molar-refractivity contribution < 1.29 is 13.5 Å². The van der Waals surface area contributed by atoms with Crippen LogP contribution in [0.1, 0.15) is 16.7 Å². The van der Waals surface area contributed by atoms with E-state index in [0.717, 1.165) is 43.4 Å². The molecule has 2 nitrogen and oxygen atoms in total. The molecule has 0 spiro atoms. The SMILES string of the molecule is Fc1ccc(CNCCc2ccc3c(c2)CCO3)cc1F. The lowest BCUT2D eigenvalue weighted by Gasteiger charge is -2.07. The molecule has 1 aliphatic heterocycles. The second kappa shape index (κ2) is 6.22. The molecular weight excluding hydrogens is 272 g/mol. The summed E-state index contributed by atoms with van der Waals surface area (Å²) >= 11 is 0. The summed E-state index contributed by atoms with van der Waals surface area (Å²) in [5, 5.41) is 3.24. The van der Waals surface area contributed by atoms with E-state index < -0.39 is 11.6 Å². The molecule has 0 amide bonds. The van der Waals surface area contributed by atoms with Crippen molar-refractivity contribution in [3.63, 3.8) is 0 Å². The molecular formula is C17H17F2NO. The first kappa shape index (κ1) is 14.0. The lowest BCUT2D eigenvalue weighted by atomic mass is 10.1. The van der Waals surface area contributed by atoms with Crippen molar-refractivity contribution in [3.05, 3.63) is 64.7 Å². The predicted molar refractivity (Wildman–Crippen MR) is 77.4 cm³/mol. The largest absolute Gasteiger partial charge is 0.493 e. The van der Waals surface area contributed by atoms with Crippen molar-refractivity contribution in [2.45, 2.75) is 19.4 Å². The normalized spacial score (nSPS) is 13.0. The molecule has 0 atom stereocenters. The highest BCUT2D eigenvalue weighted by Gasteiger charge is 2.11. The highest BCUT2D eigenvalue weighted by molar-refractivity contribution is 5.39. The zero-order chi connectivity index (χ0) is 14.7. The molecule has 0 unspecified atom stereocenters. The van der Waals surface area contributed by atoms with Gasteiger partial charge in [-0.25, -0.2) is 8.78 Å². The quantitative estimate of drug-likeness (QED) is 0.853. The highest BCUT2D eigenvalue weighted by atomic mass is 19.2. The fourth-order valence-corrected chi connectivity index (χ4v) is 2.51. The summed E-state index contributed by atoms with van der Waals surface area (Å²) in [6, 6.07) is 10.3. The molecule has 0 radical (unpaired) electrons. The molecule has 0 aliphatic carbocycles. The summed E-state index contributed by atoms with van der Waals surface area (Å²) in [4.78, 5) is 0. The Morgan fingerprint density at radius 3 is 2.71 bits per heavy atom. The van der Waals surface area contributed by atoms with E-state index in [1.165, 1.54) is 17.2 Å². The predicted octanol–water partition coefficient (Wildman–Crippen LogP) is 3.23. The fraction of sp³-hybridized carbons (Fsp3) is 0.294. The van der Waals surface area contributed by atoms with Crippen LogP contribution in [0.3, 0.4) is 0 Å². The Morgan fingerprint density at radius 2 is 1.86 bits per heavy atom. The van der Waals surface area contributed by atoms with E-state index in [1.807, 2.05) is 6.07 Å². The minimum Gasteiger partial charge on any atom is -0.493 e. The van der Waals surface area contributed by atoms with Gasteiger partial charge in [-0.15, -0.1) is 0 Å². The van der Waals surface area contributed by atoms with Crippen LogP contribution in [0.2, 0.25) is 0 Å². The molecule has 0 saturated carbocycles. The van der Waals surface area contributed by atoms with Gasteiger partial charge in [0.25, 0.3) is 0 Å². The average Bonchev–Trinajstić information content (AvgIpc) is 2.95. The van der Waals surface area contributed by atoms with Crippen LogP contribution in [-0.2, 0) is 19.4 Å². The smallest absolute Gasteiger partial charge is 0.159 e. The molecule has 1 heterocycles. The fourth-order valence-electron chi connectivity index (χ4n) is 2.51. The van der Waals surface area contributed by atoms with Crippen molar-refractivity contribution >= 4 is 0 Å². The van der Waals surface area contributed by atoms with Gasteiger partial charge in [-0.1, -0.05) is 18.2 Å². The van der Waals surface area contributed by atoms with Crippen molar-refractivity contribution in [1.29, 1.82) is 0 Å². The maximum absolute atomic E-state index is 13.1. The zero-order valence-corrected chi connectivity index (χ0v) is 11.7. The van der Waals surface area contributed by atoms with Crippen molar-refractivity contribution in [3.8, 4) is 5.75 Å². The Kier molecular flexibility index (Phi) is 4.15. The third kappa shape index (κ3) is 3.39. The lowest BCUT2D eigenvalue weighted by molar-refractivity contribution is 0.357. The number of nitrogens with one attached hydrogen (secondary N) is 1. The van der Waals surface area contributed by atoms with Gasteiger partial charge in [0.1, 0.15) is 5.75 Å². The average molecular weight is 289 g/mol. The first-order valence-corrected chi connectivity index (χ1v) is 7.11. The van der Waals surface area contributed by atoms with Crippen LogP contribution < -0.4 is 10.1 Å². The van der Waals surface area contributed by atoms with Crippen LogP contribution >= 0.6 is 0 Å². The number of hydrogen-bond donors (Lipinski definition) is 1. The summed E-state index contributed by atoms with van der Waals surface area (Å²) in [5.41, 5.74) is 3.28. The number of ether oxygens (including phenoxy) is 1. The van der Waals surface area contributed by atoms with Gasteiger partial charge in [0, 0.05) is 13.0 Å². The Bertz CT molecular complexity index is 643. The first-order chi connectivity index (χ1) is 10.2. The molecule has 4 heteroatoms. The Morgan fingerprint density at radius 1 is 1.00 bits per heavy atom. The van der Waals surface area contributed by atoms with E-state index in [0.29, 0.717) is 6.54 Å².